The summed E-state index contributed by atoms with van der Waals surface area (Å²) in [5.74, 6) is 0.819. The number of rotatable bonds is 1. The summed E-state index contributed by atoms with van der Waals surface area (Å²) in [5, 5.41) is 0. The van der Waals surface area contributed by atoms with Crippen molar-refractivity contribution in [3.8, 4) is 0 Å². The fourth-order valence-corrected chi connectivity index (χ4v) is 2.13. The smallest absolute Gasteiger partial charge is 0.0121 e. The summed E-state index contributed by atoms with van der Waals surface area (Å²) < 4.78 is 0. The Balaban J connectivity index is 2.35. The molecule has 0 spiro atoms. The van der Waals surface area contributed by atoms with Crippen LogP contribution >= 0.6 is 0 Å². The molecule has 1 atom stereocenters. The molecule has 0 fully saturated rings. The summed E-state index contributed by atoms with van der Waals surface area (Å²) in [6.45, 7) is 4.54. The van der Waals surface area contributed by atoms with Crippen LogP contribution in [0.5, 0.6) is 0 Å². The van der Waals surface area contributed by atoms with Gasteiger partial charge in [0.05, 0.1) is 0 Å². The van der Waals surface area contributed by atoms with Crippen LogP contribution in [-0.4, -0.2) is 0 Å². The highest BCUT2D eigenvalue weighted by Crippen LogP contribution is 2.41. The predicted molar refractivity (Wildman–Crippen MR) is 48.3 cm³/mol. The van der Waals surface area contributed by atoms with Crippen molar-refractivity contribution in [3.63, 3.8) is 0 Å². The van der Waals surface area contributed by atoms with E-state index in [2.05, 4.69) is 32.1 Å². The molecule has 0 aromatic rings. The van der Waals surface area contributed by atoms with Gasteiger partial charge < -0.3 is 0 Å². The van der Waals surface area contributed by atoms with Crippen molar-refractivity contribution >= 4 is 0 Å². The van der Waals surface area contributed by atoms with Gasteiger partial charge in [0.25, 0.3) is 0 Å². The minimum Gasteiger partial charge on any atom is -0.0652 e. The Kier molecular flexibility index (Phi) is 1.49. The Morgan fingerprint density at radius 1 is 1.55 bits per heavy atom. The zero-order valence-electron chi connectivity index (χ0n) is 7.22. The van der Waals surface area contributed by atoms with Crippen LogP contribution in [0.1, 0.15) is 26.7 Å². The van der Waals surface area contributed by atoms with Crippen molar-refractivity contribution < 1.29 is 0 Å². The van der Waals surface area contributed by atoms with E-state index in [4.69, 9.17) is 0 Å². The summed E-state index contributed by atoms with van der Waals surface area (Å²) in [5.41, 5.74) is 4.69. The third-order valence-corrected chi connectivity index (χ3v) is 2.79. The van der Waals surface area contributed by atoms with E-state index >= 15 is 0 Å². The first-order valence-corrected chi connectivity index (χ1v) is 4.41. The fourth-order valence-electron chi connectivity index (χ4n) is 2.13. The lowest BCUT2D eigenvalue weighted by molar-refractivity contribution is 0.623. The van der Waals surface area contributed by atoms with E-state index in [1.54, 1.807) is 11.1 Å². The molecule has 2 aliphatic rings. The van der Waals surface area contributed by atoms with E-state index in [9.17, 15) is 0 Å². The Hall–Kier alpha value is -0.780. The van der Waals surface area contributed by atoms with Crippen LogP contribution in [0.2, 0.25) is 0 Å². The van der Waals surface area contributed by atoms with Gasteiger partial charge in [0, 0.05) is 0 Å². The van der Waals surface area contributed by atoms with Crippen molar-refractivity contribution in [1.82, 2.24) is 0 Å². The Morgan fingerprint density at radius 2 is 2.36 bits per heavy atom. The first kappa shape index (κ1) is 6.90. The van der Waals surface area contributed by atoms with E-state index < -0.39 is 0 Å². The molecule has 0 nitrogen and oxygen atoms in total. The lowest BCUT2D eigenvalue weighted by Gasteiger charge is -2.07. The molecule has 58 valence electrons. The molecule has 0 bridgehead atoms. The molecule has 0 N–H and O–H groups in total. The average Bonchev–Trinajstić information content (AvgIpc) is 2.54. The maximum absolute atomic E-state index is 2.28. The molecule has 1 unspecified atom stereocenters. The molecule has 0 saturated carbocycles. The topological polar surface area (TPSA) is 0 Å². The third kappa shape index (κ3) is 0.891. The SMILES string of the molecule is CCC1CC(C)=C2C=CC=C21. The maximum atomic E-state index is 2.28. The largest absolute Gasteiger partial charge is 0.0652 e. The molecule has 0 aliphatic heterocycles. The predicted octanol–water partition coefficient (Wildman–Crippen LogP) is 3.23. The van der Waals surface area contributed by atoms with Crippen molar-refractivity contribution in [2.24, 2.45) is 5.92 Å². The number of allylic oxidation sites excluding steroid dienone is 6. The van der Waals surface area contributed by atoms with Crippen LogP contribution in [0, 0.1) is 5.92 Å². The molecule has 0 amide bonds. The second-order valence-corrected chi connectivity index (χ2v) is 3.48. The zero-order chi connectivity index (χ0) is 7.84. The van der Waals surface area contributed by atoms with E-state index in [0.717, 1.165) is 5.92 Å². The van der Waals surface area contributed by atoms with Gasteiger partial charge in [-0.1, -0.05) is 30.7 Å². The van der Waals surface area contributed by atoms with Gasteiger partial charge >= 0.3 is 0 Å². The molecule has 2 rings (SSSR count). The van der Waals surface area contributed by atoms with E-state index in [1.807, 2.05) is 0 Å². The fraction of sp³-hybridized carbons (Fsp3) is 0.455. The van der Waals surface area contributed by atoms with Gasteiger partial charge in [-0.25, -0.2) is 0 Å². The van der Waals surface area contributed by atoms with Crippen molar-refractivity contribution in [2.45, 2.75) is 26.7 Å². The second-order valence-electron chi connectivity index (χ2n) is 3.48. The molecule has 0 aromatic carbocycles. The van der Waals surface area contributed by atoms with Gasteiger partial charge in [-0.2, -0.15) is 0 Å². The summed E-state index contributed by atoms with van der Waals surface area (Å²) in [4.78, 5) is 0. The Labute approximate surface area is 68.3 Å². The molecular weight excluding hydrogens is 132 g/mol. The monoisotopic (exact) mass is 146 g/mol. The van der Waals surface area contributed by atoms with Gasteiger partial charge in [0.2, 0.25) is 0 Å². The van der Waals surface area contributed by atoms with E-state index in [1.165, 1.54) is 18.4 Å². The highest BCUT2D eigenvalue weighted by atomic mass is 14.3. The average molecular weight is 146 g/mol. The molecule has 0 radical (unpaired) electrons. The third-order valence-electron chi connectivity index (χ3n) is 2.79. The number of fused-ring (bicyclic) bond motifs is 1. The molecule has 0 heteroatoms. The first-order valence-electron chi connectivity index (χ1n) is 4.41. The second kappa shape index (κ2) is 2.37. The summed E-state index contributed by atoms with van der Waals surface area (Å²) in [6.07, 6.45) is 9.28. The van der Waals surface area contributed by atoms with Crippen LogP contribution in [0.4, 0.5) is 0 Å². The number of hydrogen-bond donors (Lipinski definition) is 0. The Bertz CT molecular complexity index is 264. The zero-order valence-corrected chi connectivity index (χ0v) is 7.22. The van der Waals surface area contributed by atoms with Crippen molar-refractivity contribution in [2.75, 3.05) is 0 Å². The van der Waals surface area contributed by atoms with Gasteiger partial charge in [0.1, 0.15) is 0 Å². The molecule has 0 heterocycles. The summed E-state index contributed by atoms with van der Waals surface area (Å²) >= 11 is 0. The van der Waals surface area contributed by atoms with Crippen LogP contribution in [0.15, 0.2) is 34.9 Å². The van der Waals surface area contributed by atoms with Gasteiger partial charge in [-0.3, -0.25) is 0 Å². The standard InChI is InChI=1S/C11H14/c1-3-9-7-8(2)10-5-4-6-11(9)10/h4-6,9H,3,7H2,1-2H3. The van der Waals surface area contributed by atoms with Gasteiger partial charge in [0.15, 0.2) is 0 Å². The molecule has 0 aromatic heterocycles. The quantitative estimate of drug-likeness (QED) is 0.532. The van der Waals surface area contributed by atoms with E-state index in [-0.39, 0.29) is 0 Å². The van der Waals surface area contributed by atoms with Gasteiger partial charge in [-0.05, 0) is 36.8 Å². The molecular formula is C11H14. The molecule has 0 saturated heterocycles. The Morgan fingerprint density at radius 3 is 3.09 bits per heavy atom. The molecule has 11 heavy (non-hydrogen) atoms. The van der Waals surface area contributed by atoms with E-state index in [0.29, 0.717) is 0 Å². The highest BCUT2D eigenvalue weighted by Gasteiger charge is 2.25. The van der Waals surface area contributed by atoms with Crippen molar-refractivity contribution in [3.05, 3.63) is 34.9 Å². The van der Waals surface area contributed by atoms with Crippen LogP contribution in [-0.2, 0) is 0 Å². The van der Waals surface area contributed by atoms with Gasteiger partial charge in [-0.15, -0.1) is 0 Å². The van der Waals surface area contributed by atoms with Crippen LogP contribution in [0.3, 0.4) is 0 Å². The van der Waals surface area contributed by atoms with Crippen molar-refractivity contribution in [1.29, 1.82) is 0 Å². The number of hydrogen-bond acceptors (Lipinski definition) is 0. The highest BCUT2D eigenvalue weighted by molar-refractivity contribution is 5.55. The van der Waals surface area contributed by atoms with Crippen LogP contribution in [0.25, 0.3) is 0 Å². The lowest BCUT2D eigenvalue weighted by atomic mass is 9.97. The summed E-state index contributed by atoms with van der Waals surface area (Å²) in [6, 6.07) is 0. The summed E-state index contributed by atoms with van der Waals surface area (Å²) in [7, 11) is 0. The molecule has 2 aliphatic carbocycles. The lowest BCUT2D eigenvalue weighted by Crippen LogP contribution is -1.94. The maximum Gasteiger partial charge on any atom is -0.0121 e. The minimum absolute atomic E-state index is 0.819. The first-order chi connectivity index (χ1) is 5.33. The normalized spacial score (nSPS) is 27.8. The minimum atomic E-state index is 0.819. The van der Waals surface area contributed by atoms with Crippen LogP contribution < -0.4 is 0 Å².